The van der Waals surface area contributed by atoms with Gasteiger partial charge in [0, 0.05) is 27.8 Å². The molecule has 1 fully saturated rings. The van der Waals surface area contributed by atoms with Crippen LogP contribution in [0.5, 0.6) is 0 Å². The summed E-state index contributed by atoms with van der Waals surface area (Å²) >= 11 is 0. The van der Waals surface area contributed by atoms with Crippen molar-refractivity contribution in [2.75, 3.05) is 41.4 Å². The number of amides is 4. The summed E-state index contributed by atoms with van der Waals surface area (Å²) in [6.07, 6.45) is 2.11. The topological polar surface area (TPSA) is 146 Å². The van der Waals surface area contributed by atoms with E-state index >= 15 is 0 Å². The van der Waals surface area contributed by atoms with Crippen LogP contribution in [0.15, 0.2) is 30.3 Å². The summed E-state index contributed by atoms with van der Waals surface area (Å²) in [5.41, 5.74) is 0.937. The number of hydrogen-bond acceptors (Lipinski definition) is 8. The van der Waals surface area contributed by atoms with Crippen LogP contribution in [0, 0.1) is 17.8 Å². The van der Waals surface area contributed by atoms with Gasteiger partial charge >= 0.3 is 0 Å². The van der Waals surface area contributed by atoms with E-state index in [9.17, 15) is 24.0 Å². The number of likely N-dealkylation sites (N-methyl/N-ethyl adjacent to an activating group) is 2. The van der Waals surface area contributed by atoms with Gasteiger partial charge in [-0.3, -0.25) is 19.2 Å². The Hall–Kier alpha value is -3.35. The largest absolute Gasteiger partial charge is 0.379 e. The van der Waals surface area contributed by atoms with E-state index in [0.29, 0.717) is 19.4 Å². The number of carbonyl (C=O) groups excluding carboxylic acids is 5. The van der Waals surface area contributed by atoms with Crippen molar-refractivity contribution in [3.63, 3.8) is 0 Å². The van der Waals surface area contributed by atoms with E-state index in [4.69, 9.17) is 9.47 Å². The molecule has 1 aromatic rings. The third kappa shape index (κ3) is 11.1. The first-order valence-corrected chi connectivity index (χ1v) is 17.2. The number of hydrogen-bond donors (Lipinski definition) is 3. The Bertz CT molecular complexity index is 1180. The number of methoxy groups -OCH3 is 2. The van der Waals surface area contributed by atoms with Crippen molar-refractivity contribution in [3.8, 4) is 0 Å². The molecule has 0 aromatic heterocycles. The highest BCUT2D eigenvalue weighted by Gasteiger charge is 2.42. The molecular weight excluding hydrogens is 614 g/mol. The van der Waals surface area contributed by atoms with Crippen molar-refractivity contribution >= 4 is 29.9 Å². The molecule has 1 saturated heterocycles. The molecule has 12 heteroatoms. The molecule has 1 aliphatic heterocycles. The number of rotatable bonds is 20. The average Bonchev–Trinajstić information content (AvgIpc) is 3.56. The lowest BCUT2D eigenvalue weighted by molar-refractivity contribution is -0.146. The molecule has 4 amide bonds. The first-order chi connectivity index (χ1) is 22.8. The van der Waals surface area contributed by atoms with Gasteiger partial charge in [-0.1, -0.05) is 71.4 Å². The summed E-state index contributed by atoms with van der Waals surface area (Å²) in [4.78, 5) is 68.4. The molecule has 48 heavy (non-hydrogen) atoms. The molecule has 3 N–H and O–H groups in total. The molecule has 0 radical (unpaired) electrons. The van der Waals surface area contributed by atoms with E-state index in [1.54, 1.807) is 30.8 Å². The zero-order chi connectivity index (χ0) is 36.0. The normalized spacial score (nSPS) is 19.0. The van der Waals surface area contributed by atoms with Gasteiger partial charge in [0.2, 0.25) is 23.6 Å². The Morgan fingerprint density at radius 1 is 1.04 bits per heavy atom. The molecule has 0 saturated carbocycles. The second-order valence-electron chi connectivity index (χ2n) is 13.3. The Balaban J connectivity index is 2.14. The SMILES string of the molecule is CCC(C)C(C(CC(=O)N1CCCC1C(OC)C(C)C(=O)NC(C=O)Cc1ccccc1)OC)N(C)C(=O)CNC(=O)C(NC)C(C)C. The number of likely N-dealkylation sites (tertiary alicyclic amines) is 1. The molecule has 0 spiro atoms. The van der Waals surface area contributed by atoms with Crippen LogP contribution in [-0.2, 0) is 39.9 Å². The molecule has 1 heterocycles. The van der Waals surface area contributed by atoms with E-state index in [1.807, 2.05) is 58.0 Å². The monoisotopic (exact) mass is 673 g/mol. The van der Waals surface area contributed by atoms with Crippen LogP contribution >= 0.6 is 0 Å². The minimum Gasteiger partial charge on any atom is -0.379 e. The van der Waals surface area contributed by atoms with Gasteiger partial charge < -0.3 is 40.0 Å². The fourth-order valence-electron chi connectivity index (χ4n) is 6.81. The predicted octanol–water partition coefficient (Wildman–Crippen LogP) is 2.19. The standard InChI is InChI=1S/C36H59N5O7/c1-10-24(4)33(40(7)31(44)21-38-36(46)32(37-6)23(2)3)29(47-8)20-30(43)41-18-14-17-28(41)34(48-9)25(5)35(45)39-27(22-42)19-26-15-12-11-13-16-26/h11-13,15-16,22-25,27-29,32-34,37H,10,14,17-21H2,1-9H3,(H,38,46)(H,39,45). The second-order valence-corrected chi connectivity index (χ2v) is 13.3. The number of nitrogens with zero attached hydrogens (tertiary/aromatic N) is 2. The van der Waals surface area contributed by atoms with Crippen LogP contribution in [0.25, 0.3) is 0 Å². The number of nitrogens with one attached hydrogen (secondary N) is 3. The molecule has 1 aromatic carbocycles. The molecular formula is C36H59N5O7. The van der Waals surface area contributed by atoms with Crippen LogP contribution in [-0.4, -0.2) is 117 Å². The average molecular weight is 674 g/mol. The fourth-order valence-corrected chi connectivity index (χ4v) is 6.81. The zero-order valence-corrected chi connectivity index (χ0v) is 30.4. The van der Waals surface area contributed by atoms with Gasteiger partial charge in [0.25, 0.3) is 0 Å². The van der Waals surface area contributed by atoms with Gasteiger partial charge in [-0.2, -0.15) is 0 Å². The van der Waals surface area contributed by atoms with Crippen LogP contribution in [0.1, 0.15) is 65.9 Å². The van der Waals surface area contributed by atoms with Gasteiger partial charge in [-0.25, -0.2) is 0 Å². The van der Waals surface area contributed by atoms with Gasteiger partial charge in [0.1, 0.15) is 6.29 Å². The molecule has 0 bridgehead atoms. The van der Waals surface area contributed by atoms with Gasteiger partial charge in [0.15, 0.2) is 0 Å². The maximum Gasteiger partial charge on any atom is 0.242 e. The Morgan fingerprint density at radius 3 is 2.25 bits per heavy atom. The molecule has 0 aliphatic carbocycles. The summed E-state index contributed by atoms with van der Waals surface area (Å²) in [5.74, 6) is -1.57. The van der Waals surface area contributed by atoms with E-state index < -0.39 is 36.3 Å². The Kier molecular flexibility index (Phi) is 17.2. The minimum atomic E-state index is -0.686. The number of carbonyl (C=O) groups is 5. The highest BCUT2D eigenvalue weighted by Crippen LogP contribution is 2.29. The Labute approximate surface area is 287 Å². The van der Waals surface area contributed by atoms with Gasteiger partial charge in [-0.05, 0) is 43.7 Å². The van der Waals surface area contributed by atoms with Crippen molar-refractivity contribution < 1.29 is 33.4 Å². The summed E-state index contributed by atoms with van der Waals surface area (Å²) in [7, 11) is 6.47. The van der Waals surface area contributed by atoms with Gasteiger partial charge in [-0.15, -0.1) is 0 Å². The van der Waals surface area contributed by atoms with E-state index in [1.165, 1.54) is 14.2 Å². The maximum atomic E-state index is 13.9. The Morgan fingerprint density at radius 2 is 1.71 bits per heavy atom. The van der Waals surface area contributed by atoms with Crippen LogP contribution in [0.3, 0.4) is 0 Å². The summed E-state index contributed by atoms with van der Waals surface area (Å²) in [5, 5.41) is 8.58. The zero-order valence-electron chi connectivity index (χ0n) is 30.4. The lowest BCUT2D eigenvalue weighted by Gasteiger charge is -2.39. The van der Waals surface area contributed by atoms with Crippen molar-refractivity contribution in [1.82, 2.24) is 25.8 Å². The van der Waals surface area contributed by atoms with E-state index in [0.717, 1.165) is 24.7 Å². The second kappa shape index (κ2) is 20.2. The fraction of sp³-hybridized carbons (Fsp3) is 0.694. The van der Waals surface area contributed by atoms with Crippen molar-refractivity contribution in [2.24, 2.45) is 17.8 Å². The van der Waals surface area contributed by atoms with Crippen LogP contribution in [0.4, 0.5) is 0 Å². The molecule has 12 nitrogen and oxygen atoms in total. The van der Waals surface area contributed by atoms with E-state index in [2.05, 4.69) is 16.0 Å². The van der Waals surface area contributed by atoms with Crippen LogP contribution < -0.4 is 16.0 Å². The molecule has 270 valence electrons. The third-order valence-corrected chi connectivity index (χ3v) is 9.77. The molecule has 8 unspecified atom stereocenters. The van der Waals surface area contributed by atoms with Crippen molar-refractivity contribution in [2.45, 2.75) is 103 Å². The highest BCUT2D eigenvalue weighted by atomic mass is 16.5. The van der Waals surface area contributed by atoms with Crippen LogP contribution in [0.2, 0.25) is 0 Å². The quantitative estimate of drug-likeness (QED) is 0.179. The first kappa shape index (κ1) is 40.8. The molecule has 8 atom stereocenters. The summed E-state index contributed by atoms with van der Waals surface area (Å²) < 4.78 is 11.7. The summed E-state index contributed by atoms with van der Waals surface area (Å²) in [6.45, 7) is 9.99. The molecule has 2 rings (SSSR count). The highest BCUT2D eigenvalue weighted by molar-refractivity contribution is 5.88. The third-order valence-electron chi connectivity index (χ3n) is 9.77. The van der Waals surface area contributed by atoms with Crippen molar-refractivity contribution in [1.29, 1.82) is 0 Å². The lowest BCUT2D eigenvalue weighted by atomic mass is 9.90. The predicted molar refractivity (Wildman–Crippen MR) is 185 cm³/mol. The number of ether oxygens (including phenoxy) is 2. The smallest absolute Gasteiger partial charge is 0.242 e. The first-order valence-electron chi connectivity index (χ1n) is 17.2. The minimum absolute atomic E-state index is 0.000379. The summed E-state index contributed by atoms with van der Waals surface area (Å²) in [6, 6.07) is 7.60. The van der Waals surface area contributed by atoms with Gasteiger partial charge in [0.05, 0.1) is 55.3 Å². The van der Waals surface area contributed by atoms with Crippen molar-refractivity contribution in [3.05, 3.63) is 35.9 Å². The number of benzene rings is 1. The number of aldehydes is 1. The van der Waals surface area contributed by atoms with E-state index in [-0.39, 0.29) is 54.5 Å². The molecule has 1 aliphatic rings. The maximum absolute atomic E-state index is 13.9. The lowest BCUT2D eigenvalue weighted by Crippen LogP contribution is -2.55.